The first-order valence-electron chi connectivity index (χ1n) is 10.2. The lowest BCUT2D eigenvalue weighted by Gasteiger charge is -2.23. The van der Waals surface area contributed by atoms with Crippen LogP contribution in [0.1, 0.15) is 25.8 Å². The molecule has 174 valence electrons. The number of esters is 1. The third kappa shape index (κ3) is 3.78. The molecule has 33 heavy (non-hydrogen) atoms. The molecular formula is C22H23N3O7S. The van der Waals surface area contributed by atoms with Crippen molar-refractivity contribution in [3.8, 4) is 22.9 Å². The lowest BCUT2D eigenvalue weighted by atomic mass is 9.79. The summed E-state index contributed by atoms with van der Waals surface area (Å²) in [4.78, 5) is 33.4. The second kappa shape index (κ2) is 8.07. The zero-order valence-corrected chi connectivity index (χ0v) is 19.3. The van der Waals surface area contributed by atoms with Crippen LogP contribution >= 0.6 is 0 Å². The van der Waals surface area contributed by atoms with Crippen molar-refractivity contribution in [2.75, 3.05) is 25.3 Å². The summed E-state index contributed by atoms with van der Waals surface area (Å²) in [6.07, 6.45) is 1.19. The second-order valence-corrected chi connectivity index (χ2v) is 9.16. The fourth-order valence-corrected chi connectivity index (χ4v) is 4.49. The minimum Gasteiger partial charge on any atom is -0.496 e. The van der Waals surface area contributed by atoms with Crippen molar-refractivity contribution >= 4 is 38.7 Å². The van der Waals surface area contributed by atoms with Crippen molar-refractivity contribution < 1.29 is 31.7 Å². The molecule has 0 aliphatic carbocycles. The van der Waals surface area contributed by atoms with Crippen LogP contribution in [0, 0.1) is 0 Å². The average molecular weight is 474 g/mol. The number of nitrogens with zero attached hydrogens (tertiary/aromatic N) is 1. The average Bonchev–Trinajstić information content (AvgIpc) is 3.28. The van der Waals surface area contributed by atoms with E-state index in [1.807, 2.05) is 0 Å². The van der Waals surface area contributed by atoms with Gasteiger partial charge in [0.25, 0.3) is 0 Å². The molecule has 1 amide bonds. The monoisotopic (exact) mass is 473 g/mol. The number of fused-ring (bicyclic) bond motifs is 2. The fraction of sp³-hybridized carbons (Fsp3) is 0.318. The zero-order chi connectivity index (χ0) is 24.0. The minimum absolute atomic E-state index is 0.109. The number of benzene rings is 2. The maximum atomic E-state index is 12.8. The molecule has 0 fully saturated rings. The number of amides is 1. The topological polar surface area (TPSA) is 137 Å². The number of rotatable bonds is 7. The van der Waals surface area contributed by atoms with Gasteiger partial charge in [0.05, 0.1) is 36.6 Å². The quantitative estimate of drug-likeness (QED) is 0.304. The molecule has 4 rings (SSSR count). The highest BCUT2D eigenvalue weighted by Gasteiger charge is 2.53. The van der Waals surface area contributed by atoms with Gasteiger partial charge in [-0.05, 0) is 37.6 Å². The van der Waals surface area contributed by atoms with E-state index in [4.69, 9.17) is 13.7 Å². The Kier molecular flexibility index (Phi) is 5.52. The Morgan fingerprint density at radius 1 is 1.18 bits per heavy atom. The summed E-state index contributed by atoms with van der Waals surface area (Å²) in [6, 6.07) is 8.00. The Morgan fingerprint density at radius 2 is 1.94 bits per heavy atom. The largest absolute Gasteiger partial charge is 0.496 e. The van der Waals surface area contributed by atoms with E-state index in [0.29, 0.717) is 39.4 Å². The van der Waals surface area contributed by atoms with Crippen LogP contribution in [0.5, 0.6) is 11.5 Å². The molecule has 0 bridgehead atoms. The van der Waals surface area contributed by atoms with Gasteiger partial charge < -0.3 is 24.0 Å². The predicted molar refractivity (Wildman–Crippen MR) is 121 cm³/mol. The van der Waals surface area contributed by atoms with Crippen molar-refractivity contribution in [3.05, 3.63) is 35.9 Å². The Hall–Kier alpha value is -3.60. The van der Waals surface area contributed by atoms with Crippen molar-refractivity contribution in [2.45, 2.75) is 25.7 Å². The lowest BCUT2D eigenvalue weighted by Crippen LogP contribution is -2.43. The van der Waals surface area contributed by atoms with Gasteiger partial charge in [-0.25, -0.2) is 4.98 Å². The van der Waals surface area contributed by atoms with E-state index in [0.717, 1.165) is 6.26 Å². The molecule has 1 aliphatic rings. The molecule has 0 saturated carbocycles. The van der Waals surface area contributed by atoms with Gasteiger partial charge in [0, 0.05) is 17.3 Å². The van der Waals surface area contributed by atoms with Crippen LogP contribution in [-0.2, 0) is 29.9 Å². The van der Waals surface area contributed by atoms with Crippen LogP contribution in [-0.4, -0.2) is 50.2 Å². The third-order valence-electron chi connectivity index (χ3n) is 5.55. The molecule has 1 aliphatic heterocycles. The SMILES string of the molecule is CCOC(=O)C1(CC)C(=O)Nc2cc3[nH]c(-c4ccc(OS(C)(=O)=O)cc4OC)nc3cc21. The van der Waals surface area contributed by atoms with E-state index in [9.17, 15) is 18.0 Å². The highest BCUT2D eigenvalue weighted by Crippen LogP contribution is 2.43. The molecule has 0 saturated heterocycles. The summed E-state index contributed by atoms with van der Waals surface area (Å²) in [5.74, 6) is -0.0963. The van der Waals surface area contributed by atoms with Crippen molar-refractivity contribution in [1.29, 1.82) is 0 Å². The number of carbonyl (C=O) groups is 2. The van der Waals surface area contributed by atoms with Gasteiger partial charge >= 0.3 is 16.1 Å². The normalized spacial score (nSPS) is 17.5. The van der Waals surface area contributed by atoms with Crippen molar-refractivity contribution in [3.63, 3.8) is 0 Å². The van der Waals surface area contributed by atoms with Crippen LogP contribution in [0.25, 0.3) is 22.4 Å². The number of H-pyrrole nitrogens is 1. The van der Waals surface area contributed by atoms with Gasteiger partial charge in [-0.1, -0.05) is 6.92 Å². The van der Waals surface area contributed by atoms with E-state index in [2.05, 4.69) is 15.3 Å². The number of aromatic nitrogens is 2. The Balaban J connectivity index is 1.80. The van der Waals surface area contributed by atoms with Gasteiger partial charge in [-0.15, -0.1) is 0 Å². The van der Waals surface area contributed by atoms with Crippen LogP contribution in [0.3, 0.4) is 0 Å². The van der Waals surface area contributed by atoms with Crippen LogP contribution < -0.4 is 14.2 Å². The third-order valence-corrected chi connectivity index (χ3v) is 6.04. The fourth-order valence-electron chi connectivity index (χ4n) is 4.04. The summed E-state index contributed by atoms with van der Waals surface area (Å²) in [7, 11) is -2.24. The van der Waals surface area contributed by atoms with Crippen LogP contribution in [0.15, 0.2) is 30.3 Å². The van der Waals surface area contributed by atoms with E-state index < -0.39 is 27.4 Å². The highest BCUT2D eigenvalue weighted by molar-refractivity contribution is 7.86. The summed E-state index contributed by atoms with van der Waals surface area (Å²) in [5.41, 5.74) is 1.36. The molecule has 2 N–H and O–H groups in total. The molecule has 0 radical (unpaired) electrons. The molecule has 0 spiro atoms. The molecule has 2 aromatic carbocycles. The number of hydrogen-bond donors (Lipinski definition) is 2. The Bertz CT molecular complexity index is 1380. The maximum absolute atomic E-state index is 12.8. The highest BCUT2D eigenvalue weighted by atomic mass is 32.2. The number of imidazole rings is 1. The first kappa shape index (κ1) is 22.6. The molecule has 1 aromatic heterocycles. The molecule has 1 unspecified atom stereocenters. The van der Waals surface area contributed by atoms with E-state index in [1.165, 1.54) is 19.2 Å². The summed E-state index contributed by atoms with van der Waals surface area (Å²) >= 11 is 0. The van der Waals surface area contributed by atoms with Crippen LogP contribution in [0.4, 0.5) is 5.69 Å². The lowest BCUT2D eigenvalue weighted by molar-refractivity contribution is -0.153. The van der Waals surface area contributed by atoms with E-state index in [-0.39, 0.29) is 18.8 Å². The Labute approximate surface area is 190 Å². The number of nitrogens with one attached hydrogen (secondary N) is 2. The number of aromatic amines is 1. The number of methoxy groups -OCH3 is 1. The minimum atomic E-state index is -3.69. The van der Waals surface area contributed by atoms with Crippen molar-refractivity contribution in [2.24, 2.45) is 0 Å². The molecule has 3 aromatic rings. The summed E-state index contributed by atoms with van der Waals surface area (Å²) in [6.45, 7) is 3.62. The van der Waals surface area contributed by atoms with Gasteiger partial charge in [0.1, 0.15) is 17.3 Å². The maximum Gasteiger partial charge on any atom is 0.326 e. The van der Waals surface area contributed by atoms with Gasteiger partial charge in [0.15, 0.2) is 5.41 Å². The first-order valence-corrected chi connectivity index (χ1v) is 12.1. The zero-order valence-electron chi connectivity index (χ0n) is 18.5. The molecule has 1 atom stereocenters. The standard InChI is InChI=1S/C22H23N3O7S/c1-5-22(21(27)31-6-2)14-10-16-17(11-15(14)25-20(22)26)24-19(23-16)13-8-7-12(9-18(13)30-3)32-33(4,28)29/h7-11H,5-6H2,1-4H3,(H,23,24)(H,25,26). The number of ether oxygens (including phenoxy) is 2. The summed E-state index contributed by atoms with van der Waals surface area (Å²) in [5, 5.41) is 2.79. The first-order chi connectivity index (χ1) is 15.6. The Morgan fingerprint density at radius 3 is 2.58 bits per heavy atom. The van der Waals surface area contributed by atoms with Crippen LogP contribution in [0.2, 0.25) is 0 Å². The van der Waals surface area contributed by atoms with E-state index in [1.54, 1.807) is 32.0 Å². The van der Waals surface area contributed by atoms with Gasteiger partial charge in [-0.2, -0.15) is 8.42 Å². The number of hydrogen-bond acceptors (Lipinski definition) is 8. The molecule has 11 heteroatoms. The van der Waals surface area contributed by atoms with Crippen molar-refractivity contribution in [1.82, 2.24) is 9.97 Å². The summed E-state index contributed by atoms with van der Waals surface area (Å²) < 4.78 is 38.4. The number of carbonyl (C=O) groups excluding carboxylic acids is 2. The van der Waals surface area contributed by atoms with Gasteiger partial charge in [-0.3, -0.25) is 9.59 Å². The number of anilines is 1. The molecule has 10 nitrogen and oxygen atoms in total. The smallest absolute Gasteiger partial charge is 0.326 e. The molecular weight excluding hydrogens is 450 g/mol. The second-order valence-electron chi connectivity index (χ2n) is 7.58. The molecule has 2 heterocycles. The van der Waals surface area contributed by atoms with Gasteiger partial charge in [0.2, 0.25) is 5.91 Å². The van der Waals surface area contributed by atoms with E-state index >= 15 is 0 Å². The predicted octanol–water partition coefficient (Wildman–Crippen LogP) is 2.74.